The van der Waals surface area contributed by atoms with E-state index in [1.54, 1.807) is 48.5 Å². The van der Waals surface area contributed by atoms with Gasteiger partial charge in [-0.05, 0) is 79.0 Å². The fraction of sp³-hybridized carbons (Fsp3) is 0.308. The number of hydrogen-bond donors (Lipinski definition) is 0. The van der Waals surface area contributed by atoms with E-state index in [2.05, 4.69) is 4.90 Å². The molecule has 0 radical (unpaired) electrons. The van der Waals surface area contributed by atoms with Crippen molar-refractivity contribution in [3.05, 3.63) is 101 Å². The molecule has 1 aliphatic rings. The van der Waals surface area contributed by atoms with Crippen molar-refractivity contribution in [1.82, 2.24) is 4.90 Å². The molecule has 0 aromatic heterocycles. The number of likely N-dealkylation sites (tertiary alicyclic amines) is 1. The molecule has 32 heavy (non-hydrogen) atoms. The molecule has 1 aliphatic heterocycles. The third kappa shape index (κ3) is 5.43. The van der Waals surface area contributed by atoms with E-state index in [1.807, 2.05) is 0 Å². The quantitative estimate of drug-likeness (QED) is 0.448. The van der Waals surface area contributed by atoms with Gasteiger partial charge in [0.05, 0.1) is 10.6 Å². The van der Waals surface area contributed by atoms with Crippen molar-refractivity contribution in [1.29, 1.82) is 0 Å². The number of hydrogen-bond acceptors (Lipinski definition) is 3. The number of halogens is 2. The third-order valence-electron chi connectivity index (χ3n) is 6.10. The first kappa shape index (κ1) is 22.6. The van der Waals surface area contributed by atoms with Crippen LogP contribution in [-0.2, 0) is 9.84 Å². The van der Waals surface area contributed by atoms with E-state index in [4.69, 9.17) is 0 Å². The summed E-state index contributed by atoms with van der Waals surface area (Å²) in [5, 5.41) is 0. The Bertz CT molecular complexity index is 1080. The average molecular weight is 456 g/mol. The van der Waals surface area contributed by atoms with E-state index in [9.17, 15) is 17.2 Å². The predicted octanol–water partition coefficient (Wildman–Crippen LogP) is 5.40. The van der Waals surface area contributed by atoms with Gasteiger partial charge in [-0.2, -0.15) is 0 Å². The van der Waals surface area contributed by atoms with E-state index < -0.39 is 9.84 Å². The van der Waals surface area contributed by atoms with E-state index >= 15 is 0 Å². The molecule has 168 valence electrons. The third-order valence-corrected chi connectivity index (χ3v) is 7.81. The normalized spacial score (nSPS) is 15.2. The van der Waals surface area contributed by atoms with E-state index in [-0.39, 0.29) is 23.3 Å². The van der Waals surface area contributed by atoms with Crippen molar-refractivity contribution < 1.29 is 17.2 Å². The van der Waals surface area contributed by atoms with Crippen molar-refractivity contribution in [3.8, 4) is 0 Å². The molecule has 1 heterocycles. The Morgan fingerprint density at radius 1 is 0.688 bits per heavy atom. The maximum atomic E-state index is 13.5. The zero-order chi connectivity index (χ0) is 22.6. The molecule has 0 bridgehead atoms. The summed E-state index contributed by atoms with van der Waals surface area (Å²) >= 11 is 0. The summed E-state index contributed by atoms with van der Waals surface area (Å²) < 4.78 is 52.7. The SMILES string of the molecule is O=S(=O)(CCN1CCCCC1)c1ccc(C(c2ccc(F)cc2)c2ccc(F)cc2)cc1. The number of nitrogens with zero attached hydrogens (tertiary/aromatic N) is 1. The summed E-state index contributed by atoms with van der Waals surface area (Å²) in [7, 11) is -3.38. The number of rotatable bonds is 7. The van der Waals surface area contributed by atoms with Crippen LogP contribution < -0.4 is 0 Å². The molecule has 0 unspecified atom stereocenters. The van der Waals surface area contributed by atoms with Crippen LogP contribution in [0.5, 0.6) is 0 Å². The highest BCUT2D eigenvalue weighted by atomic mass is 32.2. The predicted molar refractivity (Wildman–Crippen MR) is 123 cm³/mol. The summed E-state index contributed by atoms with van der Waals surface area (Å²) in [6.07, 6.45) is 3.47. The van der Waals surface area contributed by atoms with Crippen LogP contribution in [0.2, 0.25) is 0 Å². The van der Waals surface area contributed by atoms with Gasteiger partial charge in [0.2, 0.25) is 0 Å². The Balaban J connectivity index is 1.58. The molecule has 1 fully saturated rings. The first-order valence-corrected chi connectivity index (χ1v) is 12.6. The minimum absolute atomic E-state index is 0.103. The second-order valence-electron chi connectivity index (χ2n) is 8.33. The van der Waals surface area contributed by atoms with Crippen LogP contribution in [-0.4, -0.2) is 38.7 Å². The van der Waals surface area contributed by atoms with Crippen LogP contribution in [0.1, 0.15) is 41.9 Å². The molecule has 3 nitrogen and oxygen atoms in total. The molecule has 6 heteroatoms. The highest BCUT2D eigenvalue weighted by molar-refractivity contribution is 7.91. The van der Waals surface area contributed by atoms with E-state index in [0.29, 0.717) is 11.4 Å². The van der Waals surface area contributed by atoms with Gasteiger partial charge in [0.15, 0.2) is 9.84 Å². The summed E-state index contributed by atoms with van der Waals surface area (Å²) in [4.78, 5) is 2.52. The van der Waals surface area contributed by atoms with Crippen molar-refractivity contribution >= 4 is 9.84 Å². The molecule has 0 aliphatic carbocycles. The van der Waals surface area contributed by atoms with Crippen molar-refractivity contribution in [2.75, 3.05) is 25.4 Å². The summed E-state index contributed by atoms with van der Waals surface area (Å²) in [5.41, 5.74) is 2.55. The molecular formula is C26H27F2NO2S. The maximum absolute atomic E-state index is 13.5. The van der Waals surface area contributed by atoms with Gasteiger partial charge in [-0.25, -0.2) is 17.2 Å². The Hall–Kier alpha value is -2.57. The van der Waals surface area contributed by atoms with Gasteiger partial charge in [0.1, 0.15) is 11.6 Å². The van der Waals surface area contributed by atoms with Gasteiger partial charge in [0, 0.05) is 12.5 Å². The molecule has 4 rings (SSSR count). The average Bonchev–Trinajstić information content (AvgIpc) is 2.81. The Kier molecular flexibility index (Phi) is 7.01. The van der Waals surface area contributed by atoms with Crippen molar-refractivity contribution in [2.45, 2.75) is 30.1 Å². The Morgan fingerprint density at radius 2 is 1.12 bits per heavy atom. The molecule has 0 N–H and O–H groups in total. The minimum atomic E-state index is -3.38. The number of benzene rings is 3. The number of piperidine rings is 1. The first-order valence-electron chi connectivity index (χ1n) is 11.0. The van der Waals surface area contributed by atoms with Crippen LogP contribution in [0, 0.1) is 11.6 Å². The van der Waals surface area contributed by atoms with Gasteiger partial charge < -0.3 is 4.90 Å². The van der Waals surface area contributed by atoms with Crippen molar-refractivity contribution in [3.63, 3.8) is 0 Å². The highest BCUT2D eigenvalue weighted by Crippen LogP contribution is 2.33. The zero-order valence-electron chi connectivity index (χ0n) is 17.9. The second-order valence-corrected chi connectivity index (χ2v) is 10.4. The smallest absolute Gasteiger partial charge is 0.179 e. The largest absolute Gasteiger partial charge is 0.302 e. The lowest BCUT2D eigenvalue weighted by Crippen LogP contribution is -2.33. The van der Waals surface area contributed by atoms with Crippen LogP contribution in [0.3, 0.4) is 0 Å². The topological polar surface area (TPSA) is 37.4 Å². The standard InChI is InChI=1S/C26H27F2NO2S/c27-23-10-4-20(5-11-23)26(21-6-12-24(28)13-7-21)22-8-14-25(15-9-22)32(30,31)19-18-29-16-2-1-3-17-29/h4-15,26H,1-3,16-19H2. The fourth-order valence-electron chi connectivity index (χ4n) is 4.31. The zero-order valence-corrected chi connectivity index (χ0v) is 18.7. The van der Waals surface area contributed by atoms with Crippen LogP contribution in [0.4, 0.5) is 8.78 Å². The molecule has 3 aromatic rings. The van der Waals surface area contributed by atoms with Crippen LogP contribution >= 0.6 is 0 Å². The summed E-state index contributed by atoms with van der Waals surface area (Å²) in [5.74, 6) is -0.823. The van der Waals surface area contributed by atoms with Gasteiger partial charge in [-0.3, -0.25) is 0 Å². The van der Waals surface area contributed by atoms with Gasteiger partial charge in [-0.15, -0.1) is 0 Å². The monoisotopic (exact) mass is 455 g/mol. The lowest BCUT2D eigenvalue weighted by molar-refractivity contribution is 0.241. The lowest BCUT2D eigenvalue weighted by Gasteiger charge is -2.26. The Labute approximate surface area is 188 Å². The number of sulfone groups is 1. The molecule has 0 spiro atoms. The van der Waals surface area contributed by atoms with Gasteiger partial charge in [0.25, 0.3) is 0 Å². The molecule has 1 saturated heterocycles. The highest BCUT2D eigenvalue weighted by Gasteiger charge is 2.21. The first-order chi connectivity index (χ1) is 15.4. The minimum Gasteiger partial charge on any atom is -0.302 e. The van der Waals surface area contributed by atoms with E-state index in [1.165, 1.54) is 30.7 Å². The second kappa shape index (κ2) is 9.92. The molecule has 0 amide bonds. The maximum Gasteiger partial charge on any atom is 0.179 e. The summed E-state index contributed by atoms with van der Waals surface area (Å²) in [6.45, 7) is 2.48. The molecule has 3 aromatic carbocycles. The lowest BCUT2D eigenvalue weighted by atomic mass is 9.85. The Morgan fingerprint density at radius 3 is 1.59 bits per heavy atom. The van der Waals surface area contributed by atoms with Crippen molar-refractivity contribution in [2.24, 2.45) is 0 Å². The van der Waals surface area contributed by atoms with E-state index in [0.717, 1.165) is 42.6 Å². The molecular weight excluding hydrogens is 428 g/mol. The molecule has 0 saturated carbocycles. The van der Waals surface area contributed by atoms with Crippen LogP contribution in [0.25, 0.3) is 0 Å². The van der Waals surface area contributed by atoms with Gasteiger partial charge >= 0.3 is 0 Å². The fourth-order valence-corrected chi connectivity index (χ4v) is 5.59. The van der Waals surface area contributed by atoms with Crippen LogP contribution in [0.15, 0.2) is 77.7 Å². The van der Waals surface area contributed by atoms with Gasteiger partial charge in [-0.1, -0.05) is 42.8 Å². The molecule has 0 atom stereocenters. The summed E-state index contributed by atoms with van der Waals surface area (Å²) in [6, 6.07) is 19.3.